The van der Waals surface area contributed by atoms with Crippen LogP contribution >= 0.6 is 11.3 Å². The van der Waals surface area contributed by atoms with Crippen molar-refractivity contribution in [2.24, 2.45) is 0 Å². The van der Waals surface area contributed by atoms with Crippen molar-refractivity contribution in [1.82, 2.24) is 24.9 Å². The third kappa shape index (κ3) is 5.52. The monoisotopic (exact) mass is 735 g/mol. The van der Waals surface area contributed by atoms with Crippen molar-refractivity contribution in [2.75, 3.05) is 0 Å². The Kier molecular flexibility index (Phi) is 7.57. The van der Waals surface area contributed by atoms with Crippen molar-refractivity contribution < 1.29 is 4.42 Å². The Morgan fingerprint density at radius 3 is 1.66 bits per heavy atom. The molecule has 6 nitrogen and oxygen atoms in total. The number of thiophene rings is 1. The standard InChI is InChI=1S/C49H29N5OS/c1-4-13-31(14-5-1)43-45-44(36-19-10-11-21-39(36)55-45)51-46(50-43)34-25-23-30(24-26-34)35-27-28-40-38(29-35)42-37(20-12-22-41(42)56-40)49-53-47(32-15-6-2-7-16-32)52-48(54-49)33-17-8-3-9-18-33/h1-29H. The highest BCUT2D eigenvalue weighted by Gasteiger charge is 2.20. The predicted molar refractivity (Wildman–Crippen MR) is 228 cm³/mol. The van der Waals surface area contributed by atoms with E-state index in [1.54, 1.807) is 11.3 Å². The first kappa shape index (κ1) is 32.1. The Balaban J connectivity index is 1.02. The number of aromatic nitrogens is 5. The molecule has 0 atom stereocenters. The summed E-state index contributed by atoms with van der Waals surface area (Å²) in [5.74, 6) is 2.59. The number of para-hydroxylation sites is 1. The zero-order chi connectivity index (χ0) is 37.0. The maximum absolute atomic E-state index is 6.32. The van der Waals surface area contributed by atoms with Gasteiger partial charge in [0.25, 0.3) is 0 Å². The second kappa shape index (κ2) is 13.2. The number of nitrogens with zero attached hydrogens (tertiary/aromatic N) is 5. The third-order valence-corrected chi connectivity index (χ3v) is 11.3. The molecular weight excluding hydrogens is 707 g/mol. The number of hydrogen-bond donors (Lipinski definition) is 0. The van der Waals surface area contributed by atoms with E-state index >= 15 is 0 Å². The van der Waals surface area contributed by atoms with E-state index in [2.05, 4.69) is 78.9 Å². The zero-order valence-electron chi connectivity index (χ0n) is 29.8. The molecule has 11 rings (SSSR count). The number of rotatable bonds is 6. The van der Waals surface area contributed by atoms with Gasteiger partial charge in [-0.25, -0.2) is 24.9 Å². The summed E-state index contributed by atoms with van der Waals surface area (Å²) in [6.07, 6.45) is 0. The number of fused-ring (bicyclic) bond motifs is 6. The number of benzene rings is 7. The van der Waals surface area contributed by atoms with Crippen LogP contribution < -0.4 is 0 Å². The maximum Gasteiger partial charge on any atom is 0.180 e. The fourth-order valence-electron chi connectivity index (χ4n) is 7.45. The van der Waals surface area contributed by atoms with Gasteiger partial charge in [0.1, 0.15) is 16.8 Å². The second-order valence-corrected chi connectivity index (χ2v) is 14.7. The van der Waals surface area contributed by atoms with Crippen LogP contribution in [0.5, 0.6) is 0 Å². The summed E-state index contributed by atoms with van der Waals surface area (Å²) in [7, 11) is 0. The molecule has 262 valence electrons. The topological polar surface area (TPSA) is 77.6 Å². The SMILES string of the molecule is c1ccc(-c2nc(-c3ccccc3)nc(-c3cccc4sc5ccc(-c6ccc(-c7nc(-c8ccccc8)c8oc9ccccc9c8n7)cc6)cc5c34)n2)cc1. The Hall–Kier alpha value is -7.35. The molecule has 0 fully saturated rings. The van der Waals surface area contributed by atoms with Gasteiger partial charge in [0.05, 0.1) is 0 Å². The highest BCUT2D eigenvalue weighted by Crippen LogP contribution is 2.42. The molecule has 7 heteroatoms. The molecule has 0 saturated heterocycles. The van der Waals surface area contributed by atoms with E-state index < -0.39 is 0 Å². The quantitative estimate of drug-likeness (QED) is 0.169. The van der Waals surface area contributed by atoms with Crippen LogP contribution in [0, 0.1) is 0 Å². The lowest BCUT2D eigenvalue weighted by Gasteiger charge is -2.10. The summed E-state index contributed by atoms with van der Waals surface area (Å²) >= 11 is 1.78. The lowest BCUT2D eigenvalue weighted by atomic mass is 9.99. The number of hydrogen-bond acceptors (Lipinski definition) is 7. The van der Waals surface area contributed by atoms with Crippen LogP contribution in [0.3, 0.4) is 0 Å². The molecular formula is C49H29N5OS. The molecule has 4 aromatic heterocycles. The van der Waals surface area contributed by atoms with E-state index in [-0.39, 0.29) is 0 Å². The third-order valence-electron chi connectivity index (χ3n) is 10.2. The minimum absolute atomic E-state index is 0.645. The van der Waals surface area contributed by atoms with Crippen molar-refractivity contribution in [3.8, 4) is 67.9 Å². The fraction of sp³-hybridized carbons (Fsp3) is 0. The van der Waals surface area contributed by atoms with Gasteiger partial charge in [0.2, 0.25) is 0 Å². The molecule has 4 heterocycles. The summed E-state index contributed by atoms with van der Waals surface area (Å²) < 4.78 is 8.70. The summed E-state index contributed by atoms with van der Waals surface area (Å²) in [5.41, 5.74) is 10.1. The van der Waals surface area contributed by atoms with Crippen molar-refractivity contribution in [1.29, 1.82) is 0 Å². The van der Waals surface area contributed by atoms with Crippen molar-refractivity contribution >= 4 is 53.6 Å². The number of furan rings is 1. The molecule has 0 amide bonds. The van der Waals surface area contributed by atoms with Gasteiger partial charge < -0.3 is 4.42 Å². The van der Waals surface area contributed by atoms with Gasteiger partial charge in [-0.05, 0) is 41.5 Å². The lowest BCUT2D eigenvalue weighted by molar-refractivity contribution is 0.667. The molecule has 7 aromatic carbocycles. The van der Waals surface area contributed by atoms with Gasteiger partial charge >= 0.3 is 0 Å². The minimum Gasteiger partial charge on any atom is -0.452 e. The van der Waals surface area contributed by atoms with Gasteiger partial charge in [-0.3, -0.25) is 0 Å². The zero-order valence-corrected chi connectivity index (χ0v) is 30.6. The summed E-state index contributed by atoms with van der Waals surface area (Å²) in [4.78, 5) is 25.2. The molecule has 0 aliphatic rings. The van der Waals surface area contributed by atoms with Crippen LogP contribution in [0.15, 0.2) is 180 Å². The molecule has 0 unspecified atom stereocenters. The smallest absolute Gasteiger partial charge is 0.180 e. The van der Waals surface area contributed by atoms with Gasteiger partial charge in [-0.1, -0.05) is 146 Å². The first-order valence-electron chi connectivity index (χ1n) is 18.4. The molecule has 0 aliphatic heterocycles. The Bertz CT molecular complexity index is 3180. The van der Waals surface area contributed by atoms with E-state index in [4.69, 9.17) is 29.3 Å². The van der Waals surface area contributed by atoms with Crippen molar-refractivity contribution in [3.05, 3.63) is 176 Å². The molecule has 0 radical (unpaired) electrons. The van der Waals surface area contributed by atoms with Gasteiger partial charge in [-0.2, -0.15) is 0 Å². The van der Waals surface area contributed by atoms with Crippen molar-refractivity contribution in [2.45, 2.75) is 0 Å². The summed E-state index contributed by atoms with van der Waals surface area (Å²) in [6.45, 7) is 0. The minimum atomic E-state index is 0.645. The molecule has 11 aromatic rings. The molecule has 0 bridgehead atoms. The summed E-state index contributed by atoms with van der Waals surface area (Å²) in [5, 5.41) is 3.27. The van der Waals surface area contributed by atoms with E-state index in [0.717, 1.165) is 66.5 Å². The highest BCUT2D eigenvalue weighted by atomic mass is 32.1. The first-order chi connectivity index (χ1) is 27.7. The Labute approximate surface area is 325 Å². The Morgan fingerprint density at radius 2 is 0.946 bits per heavy atom. The van der Waals surface area contributed by atoms with Crippen LogP contribution in [-0.4, -0.2) is 24.9 Å². The van der Waals surface area contributed by atoms with Crippen LogP contribution in [-0.2, 0) is 0 Å². The molecule has 0 N–H and O–H groups in total. The highest BCUT2D eigenvalue weighted by molar-refractivity contribution is 7.26. The molecule has 0 saturated carbocycles. The van der Waals surface area contributed by atoms with E-state index in [0.29, 0.717) is 28.9 Å². The average molecular weight is 736 g/mol. The normalized spacial score (nSPS) is 11.6. The maximum atomic E-state index is 6.32. The average Bonchev–Trinajstić information content (AvgIpc) is 3.85. The van der Waals surface area contributed by atoms with Crippen LogP contribution in [0.2, 0.25) is 0 Å². The van der Waals surface area contributed by atoms with E-state index in [9.17, 15) is 0 Å². The largest absolute Gasteiger partial charge is 0.452 e. The molecule has 0 spiro atoms. The predicted octanol–water partition coefficient (Wildman–Crippen LogP) is 12.9. The van der Waals surface area contributed by atoms with Crippen LogP contribution in [0.25, 0.3) is 110 Å². The van der Waals surface area contributed by atoms with Crippen LogP contribution in [0.4, 0.5) is 0 Å². The van der Waals surface area contributed by atoms with Gasteiger partial charge in [0, 0.05) is 53.4 Å². The van der Waals surface area contributed by atoms with Crippen LogP contribution in [0.1, 0.15) is 0 Å². The van der Waals surface area contributed by atoms with Crippen molar-refractivity contribution in [3.63, 3.8) is 0 Å². The molecule has 56 heavy (non-hydrogen) atoms. The van der Waals surface area contributed by atoms with Gasteiger partial charge in [0.15, 0.2) is 28.9 Å². The second-order valence-electron chi connectivity index (χ2n) is 13.6. The van der Waals surface area contributed by atoms with E-state index in [1.165, 1.54) is 14.8 Å². The van der Waals surface area contributed by atoms with Gasteiger partial charge in [-0.15, -0.1) is 11.3 Å². The Morgan fingerprint density at radius 1 is 0.375 bits per heavy atom. The first-order valence-corrected chi connectivity index (χ1v) is 19.2. The lowest BCUT2D eigenvalue weighted by Crippen LogP contribution is -2.00. The molecule has 0 aliphatic carbocycles. The fourth-order valence-corrected chi connectivity index (χ4v) is 8.56. The summed E-state index contributed by atoms with van der Waals surface area (Å²) in [6, 6.07) is 60.0. The van der Waals surface area contributed by atoms with E-state index in [1.807, 2.05) is 97.1 Å².